The molecule has 3 heteroatoms. The number of nitrogens with zero attached hydrogens (tertiary/aromatic N) is 1. The van der Waals surface area contributed by atoms with E-state index in [-0.39, 0.29) is 0 Å². The maximum Gasteiger partial charge on any atom is 0.118 e. The normalized spacial score (nSPS) is 10.6. The minimum Gasteiger partial charge on any atom is -0.254 e. The summed E-state index contributed by atoms with van der Waals surface area (Å²) in [6, 6.07) is 7.69. The van der Waals surface area contributed by atoms with Crippen LogP contribution in [0.25, 0.3) is 10.9 Å². The maximum atomic E-state index is 6.07. The molecule has 2 aromatic rings. The Labute approximate surface area is 83.2 Å². The van der Waals surface area contributed by atoms with E-state index in [0.717, 1.165) is 16.6 Å². The zero-order valence-corrected chi connectivity index (χ0v) is 7.97. The zero-order chi connectivity index (χ0) is 9.42. The van der Waals surface area contributed by atoms with Gasteiger partial charge in [0.1, 0.15) is 7.85 Å². The molecule has 0 saturated heterocycles. The third kappa shape index (κ3) is 1.31. The molecule has 1 heterocycles. The fourth-order valence-corrected chi connectivity index (χ4v) is 1.60. The van der Waals surface area contributed by atoms with Gasteiger partial charge in [0.15, 0.2) is 0 Å². The van der Waals surface area contributed by atoms with Crippen LogP contribution < -0.4 is 5.46 Å². The lowest BCUT2D eigenvalue weighted by Gasteiger charge is -2.06. The number of fused-ring (bicyclic) bond motifs is 1. The van der Waals surface area contributed by atoms with Crippen molar-refractivity contribution in [2.75, 3.05) is 0 Å². The lowest BCUT2D eigenvalue weighted by molar-refractivity contribution is 1.28. The molecule has 0 spiro atoms. The minimum absolute atomic E-state index is 0.570. The van der Waals surface area contributed by atoms with Crippen molar-refractivity contribution in [2.45, 2.75) is 6.92 Å². The first-order chi connectivity index (χ1) is 6.20. The molecular weight excluding hydrogens is 180 g/mol. The van der Waals surface area contributed by atoms with Crippen LogP contribution in [0.2, 0.25) is 5.02 Å². The fraction of sp³-hybridized carbons (Fsp3) is 0.100. The predicted octanol–water partition coefficient (Wildman–Crippen LogP) is 1.99. The van der Waals surface area contributed by atoms with Gasteiger partial charge in [0.25, 0.3) is 0 Å². The van der Waals surface area contributed by atoms with Gasteiger partial charge in [-0.3, -0.25) is 4.98 Å². The lowest BCUT2D eigenvalue weighted by atomic mass is 9.93. The van der Waals surface area contributed by atoms with Gasteiger partial charge >= 0.3 is 0 Å². The summed E-state index contributed by atoms with van der Waals surface area (Å²) in [6.45, 7) is 1.85. The van der Waals surface area contributed by atoms with Gasteiger partial charge in [-0.05, 0) is 13.0 Å². The van der Waals surface area contributed by atoms with Gasteiger partial charge in [-0.1, -0.05) is 35.3 Å². The maximum absolute atomic E-state index is 6.07. The Morgan fingerprint density at radius 2 is 2.00 bits per heavy atom. The molecule has 0 amide bonds. The van der Waals surface area contributed by atoms with E-state index in [2.05, 4.69) is 4.98 Å². The molecule has 0 aliphatic heterocycles. The number of hydrogen-bond acceptors (Lipinski definition) is 1. The zero-order valence-electron chi connectivity index (χ0n) is 7.21. The predicted molar refractivity (Wildman–Crippen MR) is 56.9 cm³/mol. The van der Waals surface area contributed by atoms with Crippen molar-refractivity contribution in [3.63, 3.8) is 0 Å². The summed E-state index contributed by atoms with van der Waals surface area (Å²) in [6.07, 6.45) is 0. The van der Waals surface area contributed by atoms with Crippen LogP contribution in [-0.2, 0) is 0 Å². The van der Waals surface area contributed by atoms with Gasteiger partial charge in [0.05, 0.1) is 5.52 Å². The number of aryl methyl sites for hydroxylation is 1. The van der Waals surface area contributed by atoms with E-state index in [1.807, 2.05) is 31.2 Å². The Morgan fingerprint density at radius 1 is 1.31 bits per heavy atom. The Bertz CT molecular complexity index is 468. The molecule has 0 unspecified atom stereocenters. The van der Waals surface area contributed by atoms with Crippen LogP contribution in [0.15, 0.2) is 24.3 Å². The quantitative estimate of drug-likeness (QED) is 0.575. The molecule has 0 aliphatic carbocycles. The Balaban J connectivity index is 2.94. The van der Waals surface area contributed by atoms with E-state index in [1.54, 1.807) is 0 Å². The molecule has 0 N–H and O–H groups in total. The van der Waals surface area contributed by atoms with Gasteiger partial charge in [0, 0.05) is 16.1 Å². The molecule has 0 saturated carbocycles. The molecule has 2 rings (SSSR count). The molecular formula is C10H7BClN. The average Bonchev–Trinajstić information content (AvgIpc) is 2.15. The van der Waals surface area contributed by atoms with E-state index in [1.165, 1.54) is 0 Å². The number of rotatable bonds is 0. The van der Waals surface area contributed by atoms with Crippen molar-refractivity contribution in [2.24, 2.45) is 0 Å². The Morgan fingerprint density at radius 3 is 2.77 bits per heavy atom. The molecule has 0 atom stereocenters. The Hall–Kier alpha value is -1.02. The van der Waals surface area contributed by atoms with Crippen molar-refractivity contribution in [3.8, 4) is 0 Å². The summed E-state index contributed by atoms with van der Waals surface area (Å²) < 4.78 is 0. The van der Waals surface area contributed by atoms with Gasteiger partial charge in [-0.15, -0.1) is 0 Å². The number of aromatic nitrogens is 1. The van der Waals surface area contributed by atoms with Crippen LogP contribution in [-0.4, -0.2) is 12.8 Å². The number of pyridine rings is 1. The van der Waals surface area contributed by atoms with Crippen molar-refractivity contribution in [3.05, 3.63) is 35.0 Å². The highest BCUT2D eigenvalue weighted by Gasteiger charge is 2.04. The van der Waals surface area contributed by atoms with Crippen LogP contribution in [0.4, 0.5) is 0 Å². The molecule has 1 aromatic heterocycles. The SMILES string of the molecule is [B]c1c(C)nc2ccccc2c1Cl. The molecule has 62 valence electrons. The van der Waals surface area contributed by atoms with Crippen molar-refractivity contribution in [1.29, 1.82) is 0 Å². The summed E-state index contributed by atoms with van der Waals surface area (Å²) in [5.74, 6) is 0. The van der Waals surface area contributed by atoms with E-state index < -0.39 is 0 Å². The fourth-order valence-electron chi connectivity index (χ4n) is 1.30. The smallest absolute Gasteiger partial charge is 0.118 e. The molecule has 0 bridgehead atoms. The minimum atomic E-state index is 0.570. The summed E-state index contributed by atoms with van der Waals surface area (Å²) in [7, 11) is 5.75. The summed E-state index contributed by atoms with van der Waals surface area (Å²) in [5, 5.41) is 1.51. The first kappa shape index (κ1) is 8.58. The van der Waals surface area contributed by atoms with Crippen LogP contribution in [0.1, 0.15) is 5.69 Å². The molecule has 1 nitrogen and oxygen atoms in total. The Kier molecular flexibility index (Phi) is 2.00. The third-order valence-corrected chi connectivity index (χ3v) is 2.46. The van der Waals surface area contributed by atoms with Crippen molar-refractivity contribution in [1.82, 2.24) is 4.98 Å². The largest absolute Gasteiger partial charge is 0.254 e. The number of halogens is 1. The van der Waals surface area contributed by atoms with Crippen LogP contribution >= 0.6 is 11.6 Å². The highest BCUT2D eigenvalue weighted by Crippen LogP contribution is 2.19. The van der Waals surface area contributed by atoms with E-state index in [4.69, 9.17) is 19.4 Å². The number of para-hydroxylation sites is 1. The van der Waals surface area contributed by atoms with Crippen LogP contribution in [0.5, 0.6) is 0 Å². The number of hydrogen-bond donors (Lipinski definition) is 0. The van der Waals surface area contributed by atoms with Crippen LogP contribution in [0, 0.1) is 6.92 Å². The van der Waals surface area contributed by atoms with Gasteiger partial charge < -0.3 is 0 Å². The van der Waals surface area contributed by atoms with Gasteiger partial charge in [-0.25, -0.2) is 0 Å². The first-order valence-corrected chi connectivity index (χ1v) is 4.38. The second-order valence-corrected chi connectivity index (χ2v) is 3.32. The highest BCUT2D eigenvalue weighted by molar-refractivity contribution is 6.48. The summed E-state index contributed by atoms with van der Waals surface area (Å²) >= 11 is 6.07. The number of benzene rings is 1. The molecule has 0 aliphatic rings. The molecule has 13 heavy (non-hydrogen) atoms. The third-order valence-electron chi connectivity index (χ3n) is 2.05. The summed E-state index contributed by atoms with van der Waals surface area (Å²) in [5.41, 5.74) is 2.24. The highest BCUT2D eigenvalue weighted by atomic mass is 35.5. The average molecular weight is 187 g/mol. The second kappa shape index (κ2) is 3.04. The molecule has 1 aromatic carbocycles. The van der Waals surface area contributed by atoms with E-state index in [0.29, 0.717) is 10.5 Å². The van der Waals surface area contributed by atoms with Gasteiger partial charge in [-0.2, -0.15) is 0 Å². The van der Waals surface area contributed by atoms with Crippen molar-refractivity contribution >= 4 is 35.8 Å². The lowest BCUT2D eigenvalue weighted by Crippen LogP contribution is -2.11. The molecule has 0 fully saturated rings. The summed E-state index contributed by atoms with van der Waals surface area (Å²) in [4.78, 5) is 4.33. The van der Waals surface area contributed by atoms with Gasteiger partial charge in [0.2, 0.25) is 0 Å². The second-order valence-electron chi connectivity index (χ2n) is 2.94. The van der Waals surface area contributed by atoms with E-state index in [9.17, 15) is 0 Å². The first-order valence-electron chi connectivity index (χ1n) is 4.00. The monoisotopic (exact) mass is 187 g/mol. The molecule has 2 radical (unpaired) electrons. The van der Waals surface area contributed by atoms with Crippen LogP contribution in [0.3, 0.4) is 0 Å². The topological polar surface area (TPSA) is 12.9 Å². The van der Waals surface area contributed by atoms with Crippen molar-refractivity contribution < 1.29 is 0 Å². The standard InChI is InChI=1S/C10H7BClN/c1-6-9(11)10(12)7-4-2-3-5-8(7)13-6/h2-5H,1H3. The van der Waals surface area contributed by atoms with E-state index >= 15 is 0 Å².